The van der Waals surface area contributed by atoms with Crippen molar-refractivity contribution in [1.82, 2.24) is 4.98 Å². The van der Waals surface area contributed by atoms with Crippen LogP contribution < -0.4 is 0 Å². The maximum Gasteiger partial charge on any atom is 0.266 e. The zero-order valence-corrected chi connectivity index (χ0v) is 7.69. The molecule has 0 radical (unpaired) electrons. The molecular formula is C7H3BrF3NO. The summed E-state index contributed by atoms with van der Waals surface area (Å²) in [5.74, 6) is -1.27. The summed E-state index contributed by atoms with van der Waals surface area (Å²) in [6.45, 7) is 0. The van der Waals surface area contributed by atoms with Crippen molar-refractivity contribution in [2.45, 2.75) is 6.43 Å². The maximum absolute atomic E-state index is 12.9. The smallest absolute Gasteiger partial charge is 0.266 e. The molecule has 0 N–H and O–H groups in total. The Labute approximate surface area is 79.9 Å². The van der Waals surface area contributed by atoms with Gasteiger partial charge in [0.05, 0.1) is 5.56 Å². The SMILES string of the molecule is O=Cc1nc(Br)cc(C(F)F)c1F. The van der Waals surface area contributed by atoms with E-state index in [1.807, 2.05) is 0 Å². The van der Waals surface area contributed by atoms with Gasteiger partial charge < -0.3 is 0 Å². The molecule has 0 aliphatic carbocycles. The summed E-state index contributed by atoms with van der Waals surface area (Å²) in [4.78, 5) is 13.6. The molecule has 0 aliphatic rings. The Morgan fingerprint density at radius 1 is 1.54 bits per heavy atom. The second kappa shape index (κ2) is 3.87. The zero-order valence-electron chi connectivity index (χ0n) is 6.10. The molecule has 13 heavy (non-hydrogen) atoms. The van der Waals surface area contributed by atoms with E-state index in [2.05, 4.69) is 20.9 Å². The number of rotatable bonds is 2. The third-order valence-electron chi connectivity index (χ3n) is 1.33. The van der Waals surface area contributed by atoms with E-state index in [-0.39, 0.29) is 10.9 Å². The molecule has 1 heterocycles. The Kier molecular flexibility index (Phi) is 3.02. The van der Waals surface area contributed by atoms with Crippen molar-refractivity contribution in [2.24, 2.45) is 0 Å². The minimum absolute atomic E-state index is 0.00583. The van der Waals surface area contributed by atoms with E-state index in [9.17, 15) is 18.0 Å². The number of hydrogen-bond acceptors (Lipinski definition) is 2. The number of hydrogen-bond donors (Lipinski definition) is 0. The predicted molar refractivity (Wildman–Crippen MR) is 42.2 cm³/mol. The highest BCUT2D eigenvalue weighted by Gasteiger charge is 2.18. The van der Waals surface area contributed by atoms with Gasteiger partial charge in [-0.2, -0.15) is 0 Å². The third kappa shape index (κ3) is 2.06. The number of halogens is 4. The highest BCUT2D eigenvalue weighted by molar-refractivity contribution is 9.10. The topological polar surface area (TPSA) is 30.0 Å². The van der Waals surface area contributed by atoms with Gasteiger partial charge >= 0.3 is 0 Å². The first-order chi connectivity index (χ1) is 6.06. The molecule has 1 aromatic rings. The van der Waals surface area contributed by atoms with Gasteiger partial charge in [0, 0.05) is 0 Å². The zero-order chi connectivity index (χ0) is 10.0. The Morgan fingerprint density at radius 2 is 2.15 bits per heavy atom. The predicted octanol–water partition coefficient (Wildman–Crippen LogP) is 2.73. The number of pyridine rings is 1. The number of carbonyl (C=O) groups excluding carboxylic acids is 1. The molecule has 0 unspecified atom stereocenters. The van der Waals surface area contributed by atoms with Gasteiger partial charge in [0.2, 0.25) is 0 Å². The standard InChI is InChI=1S/C7H3BrF3NO/c8-5-1-3(7(10)11)6(9)4(2-13)12-5/h1-2,7H. The molecule has 2 nitrogen and oxygen atoms in total. The average Bonchev–Trinajstić information content (AvgIpc) is 2.08. The minimum atomic E-state index is -2.96. The average molecular weight is 254 g/mol. The Hall–Kier alpha value is -0.910. The van der Waals surface area contributed by atoms with Crippen molar-refractivity contribution in [3.8, 4) is 0 Å². The summed E-state index contributed by atoms with van der Waals surface area (Å²) in [5.41, 5.74) is -1.45. The van der Waals surface area contributed by atoms with E-state index in [4.69, 9.17) is 0 Å². The third-order valence-corrected chi connectivity index (χ3v) is 1.73. The Balaban J connectivity index is 3.35. The van der Waals surface area contributed by atoms with Gasteiger partial charge in [-0.15, -0.1) is 0 Å². The van der Waals surface area contributed by atoms with Crippen LogP contribution in [0.3, 0.4) is 0 Å². The van der Waals surface area contributed by atoms with Crippen molar-refractivity contribution < 1.29 is 18.0 Å². The van der Waals surface area contributed by atoms with Crippen LogP contribution in [0.5, 0.6) is 0 Å². The van der Waals surface area contributed by atoms with Gasteiger partial charge in [-0.25, -0.2) is 18.2 Å². The monoisotopic (exact) mass is 253 g/mol. The molecule has 1 aromatic heterocycles. The molecule has 0 fully saturated rings. The number of nitrogens with zero attached hydrogens (tertiary/aromatic N) is 1. The highest BCUT2D eigenvalue weighted by Crippen LogP contribution is 2.25. The molecule has 0 spiro atoms. The fraction of sp³-hybridized carbons (Fsp3) is 0.143. The Morgan fingerprint density at radius 3 is 2.62 bits per heavy atom. The van der Waals surface area contributed by atoms with Gasteiger partial charge in [0.1, 0.15) is 10.3 Å². The van der Waals surface area contributed by atoms with E-state index in [1.165, 1.54) is 0 Å². The molecule has 0 aliphatic heterocycles. The van der Waals surface area contributed by atoms with Crippen LogP contribution in [0.1, 0.15) is 22.5 Å². The first kappa shape index (κ1) is 10.2. The first-order valence-electron chi connectivity index (χ1n) is 3.15. The lowest BCUT2D eigenvalue weighted by molar-refractivity contribution is 0.111. The summed E-state index contributed by atoms with van der Waals surface area (Å²) >= 11 is 2.79. The normalized spacial score (nSPS) is 10.5. The van der Waals surface area contributed by atoms with Gasteiger partial charge in [0.25, 0.3) is 6.43 Å². The summed E-state index contributed by atoms with van der Waals surface area (Å²) in [6, 6.07) is 0.840. The van der Waals surface area contributed by atoms with Crippen LogP contribution in [0, 0.1) is 5.82 Å². The fourth-order valence-corrected chi connectivity index (χ4v) is 1.21. The summed E-state index contributed by atoms with van der Waals surface area (Å²) in [7, 11) is 0. The second-order valence-corrected chi connectivity index (χ2v) is 2.96. The molecule has 0 amide bonds. The highest BCUT2D eigenvalue weighted by atomic mass is 79.9. The van der Waals surface area contributed by atoms with Crippen molar-refractivity contribution in [1.29, 1.82) is 0 Å². The van der Waals surface area contributed by atoms with Crippen LogP contribution in [0.25, 0.3) is 0 Å². The van der Waals surface area contributed by atoms with Crippen LogP contribution >= 0.6 is 15.9 Å². The van der Waals surface area contributed by atoms with Gasteiger partial charge in [-0.1, -0.05) is 0 Å². The van der Waals surface area contributed by atoms with E-state index >= 15 is 0 Å². The molecule has 0 saturated carbocycles. The molecule has 0 atom stereocenters. The van der Waals surface area contributed by atoms with E-state index in [0.29, 0.717) is 0 Å². The summed E-state index contributed by atoms with van der Waals surface area (Å²) in [6.07, 6.45) is -2.87. The summed E-state index contributed by atoms with van der Waals surface area (Å²) in [5, 5.41) is 0. The number of aldehydes is 1. The van der Waals surface area contributed by atoms with Crippen LogP contribution in [0.4, 0.5) is 13.2 Å². The minimum Gasteiger partial charge on any atom is -0.296 e. The number of carbonyl (C=O) groups is 1. The molecular weight excluding hydrogens is 251 g/mol. The lowest BCUT2D eigenvalue weighted by Gasteiger charge is -2.03. The van der Waals surface area contributed by atoms with Crippen LogP contribution in [-0.4, -0.2) is 11.3 Å². The van der Waals surface area contributed by atoms with E-state index < -0.39 is 23.5 Å². The van der Waals surface area contributed by atoms with Crippen molar-refractivity contribution in [3.05, 3.63) is 27.7 Å². The maximum atomic E-state index is 12.9. The molecule has 0 aromatic carbocycles. The van der Waals surface area contributed by atoms with Crippen molar-refractivity contribution in [3.63, 3.8) is 0 Å². The lowest BCUT2D eigenvalue weighted by Crippen LogP contribution is -2.00. The van der Waals surface area contributed by atoms with E-state index in [0.717, 1.165) is 6.07 Å². The quantitative estimate of drug-likeness (QED) is 0.600. The molecule has 1 rings (SSSR count). The van der Waals surface area contributed by atoms with Gasteiger partial charge in [0.15, 0.2) is 12.1 Å². The van der Waals surface area contributed by atoms with Gasteiger partial charge in [-0.05, 0) is 22.0 Å². The first-order valence-corrected chi connectivity index (χ1v) is 3.95. The largest absolute Gasteiger partial charge is 0.296 e. The number of aromatic nitrogens is 1. The van der Waals surface area contributed by atoms with Gasteiger partial charge in [-0.3, -0.25) is 4.79 Å². The van der Waals surface area contributed by atoms with Crippen molar-refractivity contribution in [2.75, 3.05) is 0 Å². The second-order valence-electron chi connectivity index (χ2n) is 2.15. The van der Waals surface area contributed by atoms with Crippen molar-refractivity contribution >= 4 is 22.2 Å². The molecule has 6 heteroatoms. The van der Waals surface area contributed by atoms with Crippen LogP contribution in [-0.2, 0) is 0 Å². The number of alkyl halides is 2. The van der Waals surface area contributed by atoms with Crippen LogP contribution in [0.2, 0.25) is 0 Å². The van der Waals surface area contributed by atoms with Crippen LogP contribution in [0.15, 0.2) is 10.7 Å². The fourth-order valence-electron chi connectivity index (χ4n) is 0.773. The molecule has 0 bridgehead atoms. The lowest BCUT2D eigenvalue weighted by atomic mass is 10.2. The molecule has 70 valence electrons. The summed E-state index contributed by atoms with van der Waals surface area (Å²) < 4.78 is 37.2. The Bertz CT molecular complexity index is 343. The van der Waals surface area contributed by atoms with E-state index in [1.54, 1.807) is 0 Å². The molecule has 0 saturated heterocycles.